The van der Waals surface area contributed by atoms with E-state index in [1.165, 1.54) is 16.9 Å². The van der Waals surface area contributed by atoms with Gasteiger partial charge in [0.2, 0.25) is 0 Å². The lowest BCUT2D eigenvalue weighted by Crippen LogP contribution is -1.98. The predicted octanol–water partition coefficient (Wildman–Crippen LogP) is 1.95. The molecule has 2 aromatic rings. The summed E-state index contributed by atoms with van der Waals surface area (Å²) in [5.41, 5.74) is 6.81. The Hall–Kier alpha value is -1.91. The molecule has 3 nitrogen and oxygen atoms in total. The van der Waals surface area contributed by atoms with E-state index in [9.17, 15) is 8.78 Å². The highest BCUT2D eigenvalue weighted by atomic mass is 19.2. The highest BCUT2D eigenvalue weighted by Gasteiger charge is 2.09. The molecule has 0 saturated heterocycles. The van der Waals surface area contributed by atoms with Crippen molar-refractivity contribution in [3.8, 4) is 11.1 Å². The normalized spacial score (nSPS) is 10.6. The van der Waals surface area contributed by atoms with Gasteiger partial charge in [0.05, 0.1) is 6.20 Å². The highest BCUT2D eigenvalue weighted by Crippen LogP contribution is 2.26. The van der Waals surface area contributed by atoms with Gasteiger partial charge in [-0.25, -0.2) is 8.78 Å². The molecule has 0 bridgehead atoms. The molecule has 0 atom stereocenters. The van der Waals surface area contributed by atoms with Gasteiger partial charge < -0.3 is 5.73 Å². The molecule has 0 aliphatic heterocycles. The van der Waals surface area contributed by atoms with Crippen LogP contribution in [-0.2, 0) is 7.05 Å². The van der Waals surface area contributed by atoms with Crippen LogP contribution in [-0.4, -0.2) is 9.78 Å². The van der Waals surface area contributed by atoms with Crippen LogP contribution in [0.25, 0.3) is 11.1 Å². The number of hydrogen-bond donors (Lipinski definition) is 1. The van der Waals surface area contributed by atoms with Gasteiger partial charge in [0.15, 0.2) is 11.6 Å². The largest absolute Gasteiger partial charge is 0.383 e. The zero-order valence-corrected chi connectivity index (χ0v) is 8.04. The fourth-order valence-electron chi connectivity index (χ4n) is 1.33. The molecule has 78 valence electrons. The summed E-state index contributed by atoms with van der Waals surface area (Å²) in [5, 5.41) is 3.92. The molecule has 0 saturated carbocycles. The Labute approximate surface area is 85.1 Å². The van der Waals surface area contributed by atoms with Gasteiger partial charge in [0, 0.05) is 12.6 Å². The number of nitrogens with zero attached hydrogens (tertiary/aromatic N) is 2. The Morgan fingerprint density at radius 2 is 2.00 bits per heavy atom. The molecule has 0 radical (unpaired) electrons. The summed E-state index contributed by atoms with van der Waals surface area (Å²) < 4.78 is 27.1. The molecule has 2 N–H and O–H groups in total. The van der Waals surface area contributed by atoms with Crippen LogP contribution >= 0.6 is 0 Å². The van der Waals surface area contributed by atoms with Gasteiger partial charge in [-0.15, -0.1) is 0 Å². The fourth-order valence-corrected chi connectivity index (χ4v) is 1.33. The maximum Gasteiger partial charge on any atom is 0.159 e. The quantitative estimate of drug-likeness (QED) is 0.780. The zero-order chi connectivity index (χ0) is 11.0. The molecule has 1 aromatic heterocycles. The lowest BCUT2D eigenvalue weighted by molar-refractivity contribution is 0.509. The van der Waals surface area contributed by atoms with E-state index in [2.05, 4.69) is 5.10 Å². The summed E-state index contributed by atoms with van der Waals surface area (Å²) in [4.78, 5) is 0. The minimum absolute atomic E-state index is 0.418. The van der Waals surface area contributed by atoms with Gasteiger partial charge in [0.25, 0.3) is 0 Å². The van der Waals surface area contributed by atoms with E-state index in [1.54, 1.807) is 7.05 Å². The van der Waals surface area contributed by atoms with Crippen molar-refractivity contribution in [2.45, 2.75) is 0 Å². The Bertz CT molecular complexity index is 505. The monoisotopic (exact) mass is 209 g/mol. The first-order chi connectivity index (χ1) is 7.09. The number of benzene rings is 1. The second kappa shape index (κ2) is 3.34. The number of nitrogens with two attached hydrogens (primary N) is 1. The molecular formula is C10H9F2N3. The Morgan fingerprint density at radius 1 is 1.27 bits per heavy atom. The van der Waals surface area contributed by atoms with Crippen LogP contribution in [0.3, 0.4) is 0 Å². The molecule has 5 heteroatoms. The SMILES string of the molecule is Cn1ncc(-c2ccc(F)c(F)c2)c1N. The van der Waals surface area contributed by atoms with Crippen LogP contribution in [0, 0.1) is 11.6 Å². The molecule has 0 unspecified atom stereocenters. The van der Waals surface area contributed by atoms with Gasteiger partial charge in [-0.05, 0) is 17.7 Å². The summed E-state index contributed by atoms with van der Waals surface area (Å²) in [6, 6.07) is 3.63. The van der Waals surface area contributed by atoms with E-state index in [4.69, 9.17) is 5.73 Å². The molecule has 1 aromatic carbocycles. The lowest BCUT2D eigenvalue weighted by Gasteiger charge is -2.01. The van der Waals surface area contributed by atoms with Crippen LogP contribution in [0.5, 0.6) is 0 Å². The van der Waals surface area contributed by atoms with Gasteiger partial charge in [-0.3, -0.25) is 4.68 Å². The van der Waals surface area contributed by atoms with E-state index in [-0.39, 0.29) is 0 Å². The van der Waals surface area contributed by atoms with Gasteiger partial charge in [0.1, 0.15) is 5.82 Å². The summed E-state index contributed by atoms with van der Waals surface area (Å²) >= 11 is 0. The number of halogens is 2. The predicted molar refractivity (Wildman–Crippen MR) is 53.0 cm³/mol. The third kappa shape index (κ3) is 1.56. The van der Waals surface area contributed by atoms with Gasteiger partial charge in [-0.2, -0.15) is 5.10 Å². The summed E-state index contributed by atoms with van der Waals surface area (Å²) in [5.74, 6) is -1.35. The molecule has 2 rings (SSSR count). The summed E-state index contributed by atoms with van der Waals surface area (Å²) in [6.07, 6.45) is 1.52. The first kappa shape index (κ1) is 9.64. The average molecular weight is 209 g/mol. The van der Waals surface area contributed by atoms with E-state index in [1.807, 2.05) is 0 Å². The highest BCUT2D eigenvalue weighted by molar-refractivity contribution is 5.73. The average Bonchev–Trinajstić information content (AvgIpc) is 2.53. The minimum atomic E-state index is -0.893. The maximum atomic E-state index is 13.0. The van der Waals surface area contributed by atoms with Crippen molar-refractivity contribution in [3.05, 3.63) is 36.0 Å². The topological polar surface area (TPSA) is 43.8 Å². The van der Waals surface area contributed by atoms with Crippen molar-refractivity contribution in [1.29, 1.82) is 0 Å². The summed E-state index contributed by atoms with van der Waals surface area (Å²) in [6.45, 7) is 0. The first-order valence-corrected chi connectivity index (χ1v) is 4.32. The lowest BCUT2D eigenvalue weighted by atomic mass is 10.1. The summed E-state index contributed by atoms with van der Waals surface area (Å²) in [7, 11) is 1.68. The van der Waals surface area contributed by atoms with Crippen molar-refractivity contribution in [3.63, 3.8) is 0 Å². The van der Waals surface area contributed by atoms with Crippen LogP contribution in [0.4, 0.5) is 14.6 Å². The van der Waals surface area contributed by atoms with Crippen LogP contribution in [0.2, 0.25) is 0 Å². The van der Waals surface area contributed by atoms with E-state index in [0.717, 1.165) is 12.1 Å². The smallest absolute Gasteiger partial charge is 0.159 e. The van der Waals surface area contributed by atoms with Gasteiger partial charge >= 0.3 is 0 Å². The Morgan fingerprint density at radius 3 is 2.53 bits per heavy atom. The third-order valence-electron chi connectivity index (χ3n) is 2.22. The molecule has 0 amide bonds. The maximum absolute atomic E-state index is 13.0. The number of hydrogen-bond acceptors (Lipinski definition) is 2. The van der Waals surface area contributed by atoms with Crippen molar-refractivity contribution in [2.24, 2.45) is 7.05 Å². The number of anilines is 1. The molecule has 15 heavy (non-hydrogen) atoms. The number of rotatable bonds is 1. The molecule has 0 aliphatic rings. The van der Waals surface area contributed by atoms with Crippen LogP contribution in [0.1, 0.15) is 0 Å². The van der Waals surface area contributed by atoms with E-state index < -0.39 is 11.6 Å². The standard InChI is InChI=1S/C10H9F2N3/c1-15-10(13)7(5-14-15)6-2-3-8(11)9(12)4-6/h2-5H,13H2,1H3. The Balaban J connectivity index is 2.55. The number of aromatic nitrogens is 2. The molecule has 1 heterocycles. The van der Waals surface area contributed by atoms with E-state index >= 15 is 0 Å². The van der Waals surface area contributed by atoms with Crippen molar-refractivity contribution >= 4 is 5.82 Å². The molecule has 0 fully saturated rings. The van der Waals surface area contributed by atoms with E-state index in [0.29, 0.717) is 16.9 Å². The fraction of sp³-hybridized carbons (Fsp3) is 0.100. The number of nitrogen functional groups attached to an aromatic ring is 1. The number of aryl methyl sites for hydroxylation is 1. The Kier molecular flexibility index (Phi) is 2.15. The minimum Gasteiger partial charge on any atom is -0.383 e. The molecule has 0 spiro atoms. The van der Waals surface area contributed by atoms with Crippen LogP contribution < -0.4 is 5.73 Å². The second-order valence-electron chi connectivity index (χ2n) is 3.20. The third-order valence-corrected chi connectivity index (χ3v) is 2.22. The van der Waals surface area contributed by atoms with Gasteiger partial charge in [-0.1, -0.05) is 6.07 Å². The van der Waals surface area contributed by atoms with Crippen molar-refractivity contribution in [2.75, 3.05) is 5.73 Å². The molecular weight excluding hydrogens is 200 g/mol. The van der Waals surface area contributed by atoms with Crippen LogP contribution in [0.15, 0.2) is 24.4 Å². The second-order valence-corrected chi connectivity index (χ2v) is 3.20. The van der Waals surface area contributed by atoms with Crippen molar-refractivity contribution < 1.29 is 8.78 Å². The first-order valence-electron chi connectivity index (χ1n) is 4.32. The molecule has 0 aliphatic carbocycles. The van der Waals surface area contributed by atoms with Crippen molar-refractivity contribution in [1.82, 2.24) is 9.78 Å². The zero-order valence-electron chi connectivity index (χ0n) is 8.04.